The molecule has 2 rings (SSSR count). The monoisotopic (exact) mass is 397 g/mol. The summed E-state index contributed by atoms with van der Waals surface area (Å²) < 4.78 is 5.08. The molecule has 0 aliphatic heterocycles. The lowest BCUT2D eigenvalue weighted by Crippen LogP contribution is -2.36. The predicted molar refractivity (Wildman–Crippen MR) is 111 cm³/mol. The Morgan fingerprint density at radius 2 is 1.72 bits per heavy atom. The van der Waals surface area contributed by atoms with E-state index in [4.69, 9.17) is 4.74 Å². The van der Waals surface area contributed by atoms with E-state index in [9.17, 15) is 14.4 Å². The fraction of sp³-hybridized carbons (Fsp3) is 0.364. The molecule has 0 saturated carbocycles. The fourth-order valence-corrected chi connectivity index (χ4v) is 2.91. The molecule has 29 heavy (non-hydrogen) atoms. The number of rotatable bonds is 9. The average molecular weight is 397 g/mol. The summed E-state index contributed by atoms with van der Waals surface area (Å²) >= 11 is 0. The van der Waals surface area contributed by atoms with Crippen LogP contribution in [0.3, 0.4) is 0 Å². The highest BCUT2D eigenvalue weighted by atomic mass is 16.5. The minimum Gasteiger partial charge on any atom is -0.462 e. The van der Waals surface area contributed by atoms with Gasteiger partial charge in [0.2, 0.25) is 11.8 Å². The minimum atomic E-state index is -0.491. The van der Waals surface area contributed by atoms with Crippen LogP contribution < -0.4 is 4.90 Å². The number of hydrogen-bond acceptors (Lipinski definition) is 5. The van der Waals surface area contributed by atoms with Gasteiger partial charge in [0, 0.05) is 45.9 Å². The van der Waals surface area contributed by atoms with E-state index in [1.165, 1.54) is 11.8 Å². The molecule has 2 amide bonds. The van der Waals surface area contributed by atoms with Gasteiger partial charge < -0.3 is 14.5 Å². The molecule has 0 aliphatic rings. The lowest BCUT2D eigenvalue weighted by atomic mass is 10.1. The fourth-order valence-electron chi connectivity index (χ4n) is 2.91. The highest BCUT2D eigenvalue weighted by Crippen LogP contribution is 2.22. The summed E-state index contributed by atoms with van der Waals surface area (Å²) in [6.07, 6.45) is 4.34. The molecular weight excluding hydrogens is 370 g/mol. The molecule has 0 saturated heterocycles. The molecular formula is C22H27N3O4. The van der Waals surface area contributed by atoms with Crippen LogP contribution in [0.15, 0.2) is 48.8 Å². The molecule has 0 spiro atoms. The molecule has 1 aromatic carbocycles. The zero-order chi connectivity index (χ0) is 21.2. The maximum Gasteiger partial charge on any atom is 0.340 e. The van der Waals surface area contributed by atoms with Crippen LogP contribution >= 0.6 is 0 Å². The van der Waals surface area contributed by atoms with Crippen molar-refractivity contribution in [2.24, 2.45) is 0 Å². The van der Waals surface area contributed by atoms with Crippen molar-refractivity contribution < 1.29 is 19.1 Å². The van der Waals surface area contributed by atoms with Gasteiger partial charge in [-0.1, -0.05) is 12.1 Å². The van der Waals surface area contributed by atoms with Crippen LogP contribution in [0.25, 0.3) is 0 Å². The number of carbonyl (C=O) groups is 3. The molecule has 7 nitrogen and oxygen atoms in total. The Kier molecular flexibility index (Phi) is 8.33. The van der Waals surface area contributed by atoms with Crippen molar-refractivity contribution in [1.82, 2.24) is 9.88 Å². The molecule has 1 heterocycles. The Balaban J connectivity index is 2.01. The number of carbonyl (C=O) groups excluding carboxylic acids is 3. The van der Waals surface area contributed by atoms with E-state index >= 15 is 0 Å². The third kappa shape index (κ3) is 6.41. The van der Waals surface area contributed by atoms with Crippen molar-refractivity contribution in [2.75, 3.05) is 31.6 Å². The third-order valence-electron chi connectivity index (χ3n) is 4.53. The molecule has 154 valence electrons. The van der Waals surface area contributed by atoms with Crippen molar-refractivity contribution >= 4 is 23.5 Å². The standard InChI is InChI=1S/C22H27N3O4/c1-4-29-22(28)19-7-5-6-8-20(19)25(17(2)26)16-12-21(27)24(3)15-11-18-9-13-23-14-10-18/h5-10,13-14H,4,11-12,15-16H2,1-3H3. The summed E-state index contributed by atoms with van der Waals surface area (Å²) in [5.41, 5.74) is 1.86. The van der Waals surface area contributed by atoms with Crippen LogP contribution in [-0.4, -0.2) is 54.4 Å². The second kappa shape index (κ2) is 10.9. The summed E-state index contributed by atoms with van der Waals surface area (Å²) in [4.78, 5) is 44.0. The summed E-state index contributed by atoms with van der Waals surface area (Å²) in [6.45, 7) is 4.14. The number of likely N-dealkylation sites (N-methyl/N-ethyl adjacent to an activating group) is 1. The SMILES string of the molecule is CCOC(=O)c1ccccc1N(CCC(=O)N(C)CCc1ccncc1)C(C)=O. The second-order valence-electron chi connectivity index (χ2n) is 6.58. The van der Waals surface area contributed by atoms with E-state index < -0.39 is 5.97 Å². The number of para-hydroxylation sites is 1. The molecule has 0 unspecified atom stereocenters. The van der Waals surface area contributed by atoms with E-state index in [1.54, 1.807) is 55.5 Å². The Hall–Kier alpha value is -3.22. The van der Waals surface area contributed by atoms with E-state index in [0.29, 0.717) is 17.8 Å². The van der Waals surface area contributed by atoms with Gasteiger partial charge in [-0.25, -0.2) is 4.79 Å². The Morgan fingerprint density at radius 3 is 2.38 bits per heavy atom. The minimum absolute atomic E-state index is 0.0704. The number of esters is 1. The molecule has 7 heteroatoms. The highest BCUT2D eigenvalue weighted by molar-refractivity contribution is 6.02. The van der Waals surface area contributed by atoms with Gasteiger partial charge in [0.15, 0.2) is 0 Å². The van der Waals surface area contributed by atoms with Crippen LogP contribution in [-0.2, 0) is 20.7 Å². The van der Waals surface area contributed by atoms with Crippen LogP contribution in [0.5, 0.6) is 0 Å². The maximum atomic E-state index is 12.5. The van der Waals surface area contributed by atoms with Crippen molar-refractivity contribution in [2.45, 2.75) is 26.7 Å². The van der Waals surface area contributed by atoms with E-state index in [0.717, 1.165) is 12.0 Å². The molecule has 0 fully saturated rings. The third-order valence-corrected chi connectivity index (χ3v) is 4.53. The van der Waals surface area contributed by atoms with Gasteiger partial charge in [-0.2, -0.15) is 0 Å². The second-order valence-corrected chi connectivity index (χ2v) is 6.58. The quantitative estimate of drug-likeness (QED) is 0.608. The molecule has 1 aromatic heterocycles. The Morgan fingerprint density at radius 1 is 1.03 bits per heavy atom. The number of pyridine rings is 1. The zero-order valence-electron chi connectivity index (χ0n) is 17.1. The Bertz CT molecular complexity index is 839. The molecule has 0 radical (unpaired) electrons. The number of nitrogens with zero attached hydrogens (tertiary/aromatic N) is 3. The van der Waals surface area contributed by atoms with Crippen LogP contribution in [0.1, 0.15) is 36.2 Å². The van der Waals surface area contributed by atoms with Crippen molar-refractivity contribution in [3.05, 3.63) is 59.9 Å². The van der Waals surface area contributed by atoms with Gasteiger partial charge in [0.05, 0.1) is 17.9 Å². The summed E-state index contributed by atoms with van der Waals surface area (Å²) in [7, 11) is 1.74. The van der Waals surface area contributed by atoms with Crippen LogP contribution in [0, 0.1) is 0 Å². The molecule has 0 aliphatic carbocycles. The number of hydrogen-bond donors (Lipinski definition) is 0. The maximum absolute atomic E-state index is 12.5. The van der Waals surface area contributed by atoms with Gasteiger partial charge >= 0.3 is 5.97 Å². The van der Waals surface area contributed by atoms with Crippen molar-refractivity contribution in [1.29, 1.82) is 0 Å². The number of benzene rings is 1. The first-order valence-corrected chi connectivity index (χ1v) is 9.61. The first kappa shape index (κ1) is 22.1. The van der Waals surface area contributed by atoms with Crippen LogP contribution in [0.2, 0.25) is 0 Å². The van der Waals surface area contributed by atoms with Gasteiger partial charge in [0.1, 0.15) is 0 Å². The predicted octanol–water partition coefficient (Wildman–Crippen LogP) is 2.70. The van der Waals surface area contributed by atoms with Crippen LogP contribution in [0.4, 0.5) is 5.69 Å². The van der Waals surface area contributed by atoms with Gasteiger partial charge in [-0.15, -0.1) is 0 Å². The largest absolute Gasteiger partial charge is 0.462 e. The van der Waals surface area contributed by atoms with Gasteiger partial charge in [-0.3, -0.25) is 14.6 Å². The van der Waals surface area contributed by atoms with E-state index in [2.05, 4.69) is 4.98 Å². The first-order chi connectivity index (χ1) is 13.9. The molecule has 0 N–H and O–H groups in total. The normalized spacial score (nSPS) is 10.3. The Labute approximate surface area is 171 Å². The molecule has 0 bridgehead atoms. The average Bonchev–Trinajstić information content (AvgIpc) is 2.73. The summed E-state index contributed by atoms with van der Waals surface area (Å²) in [5, 5.41) is 0. The van der Waals surface area contributed by atoms with E-state index in [-0.39, 0.29) is 31.4 Å². The van der Waals surface area contributed by atoms with E-state index in [1.807, 2.05) is 12.1 Å². The lowest BCUT2D eigenvalue weighted by Gasteiger charge is -2.24. The molecule has 2 aromatic rings. The summed E-state index contributed by atoms with van der Waals surface area (Å²) in [5.74, 6) is -0.803. The smallest absolute Gasteiger partial charge is 0.340 e. The zero-order valence-corrected chi connectivity index (χ0v) is 17.1. The number of amides is 2. The van der Waals surface area contributed by atoms with Crippen molar-refractivity contribution in [3.8, 4) is 0 Å². The van der Waals surface area contributed by atoms with Crippen molar-refractivity contribution in [3.63, 3.8) is 0 Å². The highest BCUT2D eigenvalue weighted by Gasteiger charge is 2.21. The molecule has 0 atom stereocenters. The van der Waals surface area contributed by atoms with Gasteiger partial charge in [0.25, 0.3) is 0 Å². The number of anilines is 1. The van der Waals surface area contributed by atoms with Gasteiger partial charge in [-0.05, 0) is 43.2 Å². The first-order valence-electron chi connectivity index (χ1n) is 9.61. The number of ether oxygens (including phenoxy) is 1. The summed E-state index contributed by atoms with van der Waals surface area (Å²) in [6, 6.07) is 10.6. The number of aromatic nitrogens is 1. The topological polar surface area (TPSA) is 79.8 Å². The lowest BCUT2D eigenvalue weighted by molar-refractivity contribution is -0.129.